The number of carbonyl (C=O) groups excluding carboxylic acids is 1. The lowest BCUT2D eigenvalue weighted by atomic mass is 9.74. The first-order valence-electron chi connectivity index (χ1n) is 13.3. The van der Waals surface area contributed by atoms with Crippen LogP contribution < -0.4 is 10.1 Å². The van der Waals surface area contributed by atoms with Crippen LogP contribution in [0.5, 0.6) is 5.75 Å². The number of aromatic nitrogens is 2. The van der Waals surface area contributed by atoms with Crippen molar-refractivity contribution in [1.29, 1.82) is 0 Å². The summed E-state index contributed by atoms with van der Waals surface area (Å²) in [6, 6.07) is 3.75. The fourth-order valence-corrected chi connectivity index (χ4v) is 6.54. The number of nitrogens with zero attached hydrogens (tertiary/aromatic N) is 2. The summed E-state index contributed by atoms with van der Waals surface area (Å²) in [5, 5.41) is 16.3. The Morgan fingerprint density at radius 1 is 1.26 bits per heavy atom. The Balaban J connectivity index is 1.91. The van der Waals surface area contributed by atoms with Gasteiger partial charge in [0, 0.05) is 30.3 Å². The third kappa shape index (κ3) is 7.54. The van der Waals surface area contributed by atoms with Crippen molar-refractivity contribution in [3.63, 3.8) is 0 Å². The van der Waals surface area contributed by atoms with E-state index in [1.165, 1.54) is 23.1 Å². The fourth-order valence-electron chi connectivity index (χ4n) is 5.12. The molecule has 0 unspecified atom stereocenters. The molecule has 0 spiro atoms. The van der Waals surface area contributed by atoms with E-state index in [1.54, 1.807) is 6.92 Å². The minimum Gasteiger partial charge on any atom is -0.434 e. The van der Waals surface area contributed by atoms with Crippen molar-refractivity contribution in [3.05, 3.63) is 34.5 Å². The number of rotatable bonds is 11. The van der Waals surface area contributed by atoms with Gasteiger partial charge in [0.2, 0.25) is 0 Å². The summed E-state index contributed by atoms with van der Waals surface area (Å²) in [7, 11) is -3.23. The zero-order valence-corrected chi connectivity index (χ0v) is 25.3. The lowest BCUT2D eigenvalue weighted by Gasteiger charge is -2.38. The van der Waals surface area contributed by atoms with Crippen LogP contribution >= 0.6 is 11.6 Å². The van der Waals surface area contributed by atoms with E-state index in [0.29, 0.717) is 25.7 Å². The van der Waals surface area contributed by atoms with Crippen LogP contribution in [-0.4, -0.2) is 66.7 Å². The lowest BCUT2D eigenvalue weighted by molar-refractivity contribution is -0.211. The highest BCUT2D eigenvalue weighted by atomic mass is 35.5. The van der Waals surface area contributed by atoms with Gasteiger partial charge in [-0.2, -0.15) is 27.1 Å². The minimum absolute atomic E-state index is 0.00758. The van der Waals surface area contributed by atoms with Gasteiger partial charge in [0.15, 0.2) is 5.69 Å². The van der Waals surface area contributed by atoms with Crippen molar-refractivity contribution in [3.8, 4) is 17.0 Å². The summed E-state index contributed by atoms with van der Waals surface area (Å²) >= 11 is 6.56. The molecule has 15 heteroatoms. The topological polar surface area (TPSA) is 111 Å². The van der Waals surface area contributed by atoms with E-state index < -0.39 is 56.8 Å². The van der Waals surface area contributed by atoms with Gasteiger partial charge in [-0.15, -0.1) is 0 Å². The predicted octanol–water partition coefficient (Wildman–Crippen LogP) is 5.65. The van der Waals surface area contributed by atoms with Crippen LogP contribution in [0, 0.1) is 10.8 Å². The summed E-state index contributed by atoms with van der Waals surface area (Å²) < 4.78 is 96.8. The molecule has 0 bridgehead atoms. The van der Waals surface area contributed by atoms with Gasteiger partial charge in [0.1, 0.15) is 15.6 Å². The number of nitrogens with one attached hydrogen (secondary N) is 1. The molecule has 1 heterocycles. The fraction of sp³-hybridized carbons (Fsp3) is 0.630. The highest BCUT2D eigenvalue weighted by molar-refractivity contribution is 7.91. The number of ether oxygens (including phenoxy) is 1. The molecule has 42 heavy (non-hydrogen) atoms. The predicted molar refractivity (Wildman–Crippen MR) is 147 cm³/mol. The van der Waals surface area contributed by atoms with Gasteiger partial charge >= 0.3 is 12.8 Å². The third-order valence-corrected chi connectivity index (χ3v) is 9.94. The summed E-state index contributed by atoms with van der Waals surface area (Å²) in [6.45, 7) is 0.282. The van der Waals surface area contributed by atoms with Crippen molar-refractivity contribution >= 4 is 27.3 Å². The zero-order chi connectivity index (χ0) is 31.7. The first kappa shape index (κ1) is 34.0. The Kier molecular flexibility index (Phi) is 10.3. The number of aryl methyl sites for hydroxylation is 1. The zero-order valence-electron chi connectivity index (χ0n) is 23.7. The van der Waals surface area contributed by atoms with E-state index in [1.807, 2.05) is 0 Å². The average Bonchev–Trinajstić information content (AvgIpc) is 3.22. The second kappa shape index (κ2) is 12.7. The Morgan fingerprint density at radius 2 is 1.88 bits per heavy atom. The number of carbonyl (C=O) groups is 1. The van der Waals surface area contributed by atoms with Gasteiger partial charge in [-0.05, 0) is 56.7 Å². The van der Waals surface area contributed by atoms with Gasteiger partial charge in [0.05, 0.1) is 28.0 Å². The summed E-state index contributed by atoms with van der Waals surface area (Å²) in [6.07, 6.45) is -2.44. The lowest BCUT2D eigenvalue weighted by Crippen LogP contribution is -2.44. The quantitative estimate of drug-likeness (QED) is 0.306. The van der Waals surface area contributed by atoms with Gasteiger partial charge in [-0.3, -0.25) is 9.48 Å². The minimum atomic E-state index is -4.54. The van der Waals surface area contributed by atoms with E-state index in [-0.39, 0.29) is 47.2 Å². The van der Waals surface area contributed by atoms with Gasteiger partial charge in [-0.1, -0.05) is 31.5 Å². The van der Waals surface area contributed by atoms with Crippen molar-refractivity contribution in [2.45, 2.75) is 77.5 Å². The number of aliphatic hydroxyl groups excluding tert-OH is 1. The number of benzene rings is 1. The van der Waals surface area contributed by atoms with Crippen LogP contribution in [0.15, 0.2) is 18.2 Å². The number of hydrogen-bond donors (Lipinski definition) is 2. The maximum absolute atomic E-state index is 13.4. The molecular formula is C27H35ClF5N3O5S. The summed E-state index contributed by atoms with van der Waals surface area (Å²) in [4.78, 5) is 13.2. The second-order valence-corrected chi connectivity index (χ2v) is 14.2. The monoisotopic (exact) mass is 643 g/mol. The molecule has 1 aliphatic rings. The number of hydrogen-bond acceptors (Lipinski definition) is 6. The summed E-state index contributed by atoms with van der Waals surface area (Å²) in [5.41, 5.74) is -2.93. The molecule has 1 saturated carbocycles. The van der Waals surface area contributed by atoms with Crippen LogP contribution in [0.3, 0.4) is 0 Å². The van der Waals surface area contributed by atoms with E-state index in [4.69, 9.17) is 11.6 Å². The molecular weight excluding hydrogens is 609 g/mol. The van der Waals surface area contributed by atoms with Crippen LogP contribution in [0.4, 0.5) is 22.0 Å². The largest absolute Gasteiger partial charge is 0.434 e. The molecule has 3 rings (SSSR count). The highest BCUT2D eigenvalue weighted by Crippen LogP contribution is 2.43. The summed E-state index contributed by atoms with van der Waals surface area (Å²) in [5.74, 6) is -1.13. The van der Waals surface area contributed by atoms with Crippen LogP contribution in [0.1, 0.15) is 62.5 Å². The number of sulfone groups is 1. The number of alkyl halides is 5. The molecule has 8 nitrogen and oxygen atoms in total. The Hall–Kier alpha value is -2.45. The maximum atomic E-state index is 13.4. The Morgan fingerprint density at radius 3 is 2.38 bits per heavy atom. The Bertz CT molecular complexity index is 1390. The smallest absolute Gasteiger partial charge is 0.394 e. The van der Waals surface area contributed by atoms with Crippen molar-refractivity contribution in [2.75, 3.05) is 19.4 Å². The van der Waals surface area contributed by atoms with Crippen LogP contribution in [0.25, 0.3) is 11.3 Å². The molecule has 0 atom stereocenters. The van der Waals surface area contributed by atoms with Gasteiger partial charge in [-0.25, -0.2) is 8.42 Å². The normalized spacial score (nSPS) is 20.1. The molecule has 1 aromatic carbocycles. The number of amides is 1. The average molecular weight is 644 g/mol. The molecule has 1 aliphatic carbocycles. The molecule has 0 radical (unpaired) electrons. The van der Waals surface area contributed by atoms with Crippen molar-refractivity contribution in [2.24, 2.45) is 10.8 Å². The second-order valence-electron chi connectivity index (χ2n) is 11.5. The molecule has 0 saturated heterocycles. The molecule has 2 aromatic rings. The molecule has 1 fully saturated rings. The third-order valence-electron chi connectivity index (χ3n) is 7.90. The van der Waals surface area contributed by atoms with Crippen molar-refractivity contribution in [1.82, 2.24) is 15.1 Å². The molecule has 236 valence electrons. The maximum Gasteiger partial charge on any atom is 0.394 e. The van der Waals surface area contributed by atoms with Gasteiger partial charge < -0.3 is 15.2 Å². The first-order valence-corrected chi connectivity index (χ1v) is 15.7. The van der Waals surface area contributed by atoms with Crippen molar-refractivity contribution < 1.29 is 45.0 Å². The number of halogens is 6. The van der Waals surface area contributed by atoms with E-state index >= 15 is 0 Å². The van der Waals surface area contributed by atoms with E-state index in [2.05, 4.69) is 15.2 Å². The SMILES string of the molecule is CCn1nc(C(=O)NCC2(CO)CCC(S(C)(=O)=O)CC2)c(Cl)c1-c1ccc(CC(C)(C)C(F)(F)F)cc1OC(F)F. The Labute approximate surface area is 246 Å². The van der Waals surface area contributed by atoms with E-state index in [9.17, 15) is 40.3 Å². The van der Waals surface area contributed by atoms with Crippen LogP contribution in [0.2, 0.25) is 5.02 Å². The van der Waals surface area contributed by atoms with E-state index in [0.717, 1.165) is 19.9 Å². The molecule has 1 aromatic heterocycles. The first-order chi connectivity index (χ1) is 19.3. The molecule has 2 N–H and O–H groups in total. The molecule has 0 aliphatic heterocycles. The highest BCUT2D eigenvalue weighted by Gasteiger charge is 2.47. The number of aliphatic hydroxyl groups is 1. The standard InChI is InChI=1S/C27H35ClF5N3O5S/c1-5-36-22(18-7-6-16(12-19(18)41-24(29)30)13-25(2,3)27(31,32)33)20(28)21(35-36)23(38)34-14-26(15-37)10-8-17(9-11-26)42(4,39)40/h6-7,12,17,24,37H,5,8-11,13-15H2,1-4H3,(H,34,38). The van der Waals surface area contributed by atoms with Crippen LogP contribution in [-0.2, 0) is 22.8 Å². The molecule has 1 amide bonds. The van der Waals surface area contributed by atoms with Gasteiger partial charge in [0.25, 0.3) is 5.91 Å².